The van der Waals surface area contributed by atoms with Gasteiger partial charge in [-0.15, -0.1) is 0 Å². The quantitative estimate of drug-likeness (QED) is 0.338. The molecule has 0 heterocycles. The maximum absolute atomic E-state index is 11.8. The summed E-state index contributed by atoms with van der Waals surface area (Å²) in [6.07, 6.45) is 0. The minimum Gasteiger partial charge on any atom is -0.497 e. The molecule has 0 amide bonds. The van der Waals surface area contributed by atoms with Crippen LogP contribution < -0.4 is 20.5 Å². The molecule has 8 nitrogen and oxygen atoms in total. The number of carboxylic acid groups (broad SMARTS) is 1. The third-order valence-electron chi connectivity index (χ3n) is 3.63. The van der Waals surface area contributed by atoms with Crippen LogP contribution in [0.15, 0.2) is 42.5 Å². The molecule has 2 aromatic rings. The standard InChI is InChI=1S/C18H21N3O5/c1-25-13-6-7-14(15(10-13)26-9-8-22)16(18(23)24)21-12-4-2-11(3-5-12)17(19)20/h2-7,10,16,21-22H,8-9H2,1H3,(H3,19,20)(H,23,24). The summed E-state index contributed by atoms with van der Waals surface area (Å²) in [5.41, 5.74) is 6.90. The van der Waals surface area contributed by atoms with Crippen molar-refractivity contribution < 1.29 is 24.5 Å². The lowest BCUT2D eigenvalue weighted by Gasteiger charge is -2.20. The van der Waals surface area contributed by atoms with Crippen molar-refractivity contribution in [3.63, 3.8) is 0 Å². The number of anilines is 1. The first-order valence-corrected chi connectivity index (χ1v) is 7.81. The SMILES string of the molecule is COc1ccc(C(Nc2ccc(C(=N)N)cc2)C(=O)O)c(OCCO)c1. The zero-order valence-corrected chi connectivity index (χ0v) is 14.2. The molecule has 0 aliphatic carbocycles. The molecule has 0 saturated heterocycles. The molecule has 0 bridgehead atoms. The first kappa shape index (κ1) is 19.1. The number of nitrogens with one attached hydrogen (secondary N) is 2. The van der Waals surface area contributed by atoms with Crippen LogP contribution in [0.25, 0.3) is 0 Å². The third kappa shape index (κ3) is 4.64. The van der Waals surface area contributed by atoms with Gasteiger partial charge in [0.05, 0.1) is 13.7 Å². The fraction of sp³-hybridized carbons (Fsp3) is 0.222. The zero-order chi connectivity index (χ0) is 19.1. The molecule has 1 unspecified atom stereocenters. The number of hydrogen-bond acceptors (Lipinski definition) is 6. The summed E-state index contributed by atoms with van der Waals surface area (Å²) in [6, 6.07) is 10.3. The third-order valence-corrected chi connectivity index (χ3v) is 3.63. The molecule has 0 aromatic heterocycles. The predicted octanol–water partition coefficient (Wildman–Crippen LogP) is 1.59. The van der Waals surface area contributed by atoms with Crippen molar-refractivity contribution in [2.24, 2.45) is 5.73 Å². The first-order chi connectivity index (χ1) is 12.5. The second-order valence-electron chi connectivity index (χ2n) is 5.38. The number of hydrogen-bond donors (Lipinski definition) is 5. The van der Waals surface area contributed by atoms with Crippen LogP contribution in [0.3, 0.4) is 0 Å². The Balaban J connectivity index is 2.33. The maximum atomic E-state index is 11.8. The van der Waals surface area contributed by atoms with Crippen LogP contribution in [0.2, 0.25) is 0 Å². The van der Waals surface area contributed by atoms with Crippen molar-refractivity contribution in [3.05, 3.63) is 53.6 Å². The number of ether oxygens (including phenoxy) is 2. The van der Waals surface area contributed by atoms with Gasteiger partial charge in [-0.05, 0) is 36.4 Å². The minimum absolute atomic E-state index is 0.0276. The number of carboxylic acids is 1. The van der Waals surface area contributed by atoms with E-state index in [0.29, 0.717) is 28.3 Å². The molecule has 138 valence electrons. The van der Waals surface area contributed by atoms with Crippen molar-refractivity contribution >= 4 is 17.5 Å². The van der Waals surface area contributed by atoms with Crippen LogP contribution in [0, 0.1) is 5.41 Å². The normalized spacial score (nSPS) is 11.5. The van der Waals surface area contributed by atoms with E-state index in [2.05, 4.69) is 5.32 Å². The molecule has 0 aliphatic heterocycles. The molecular formula is C18H21N3O5. The molecule has 0 spiro atoms. The van der Waals surface area contributed by atoms with Gasteiger partial charge in [0.1, 0.15) is 23.9 Å². The second kappa shape index (κ2) is 8.72. The average Bonchev–Trinajstić information content (AvgIpc) is 2.64. The molecule has 0 aliphatic rings. The van der Waals surface area contributed by atoms with E-state index in [1.165, 1.54) is 7.11 Å². The van der Waals surface area contributed by atoms with Crippen LogP contribution >= 0.6 is 0 Å². The summed E-state index contributed by atoms with van der Waals surface area (Å²) in [7, 11) is 1.49. The fourth-order valence-corrected chi connectivity index (χ4v) is 2.35. The first-order valence-electron chi connectivity index (χ1n) is 7.81. The topological polar surface area (TPSA) is 138 Å². The van der Waals surface area contributed by atoms with Gasteiger partial charge >= 0.3 is 5.97 Å². The molecule has 0 radical (unpaired) electrons. The number of benzene rings is 2. The van der Waals surface area contributed by atoms with Crippen molar-refractivity contribution in [1.82, 2.24) is 0 Å². The van der Waals surface area contributed by atoms with Gasteiger partial charge in [-0.3, -0.25) is 5.41 Å². The van der Waals surface area contributed by atoms with Gasteiger partial charge in [0.15, 0.2) is 6.04 Å². The lowest BCUT2D eigenvalue weighted by molar-refractivity contribution is -0.138. The molecule has 0 fully saturated rings. The highest BCUT2D eigenvalue weighted by molar-refractivity contribution is 5.95. The van der Waals surface area contributed by atoms with Gasteiger partial charge in [-0.2, -0.15) is 0 Å². The molecule has 6 N–H and O–H groups in total. The predicted molar refractivity (Wildman–Crippen MR) is 97.0 cm³/mol. The molecule has 0 saturated carbocycles. The highest BCUT2D eigenvalue weighted by atomic mass is 16.5. The summed E-state index contributed by atoms with van der Waals surface area (Å²) in [6.45, 7) is -0.172. The molecule has 1 atom stereocenters. The van der Waals surface area contributed by atoms with Gasteiger partial charge in [0, 0.05) is 22.9 Å². The molecule has 2 rings (SSSR count). The van der Waals surface area contributed by atoms with Crippen molar-refractivity contribution in [2.75, 3.05) is 25.6 Å². The Morgan fingerprint density at radius 1 is 1.27 bits per heavy atom. The van der Waals surface area contributed by atoms with Gasteiger partial charge in [0.25, 0.3) is 0 Å². The van der Waals surface area contributed by atoms with E-state index < -0.39 is 12.0 Å². The lowest BCUT2D eigenvalue weighted by Crippen LogP contribution is -2.22. The number of aliphatic hydroxyl groups is 1. The number of methoxy groups -OCH3 is 1. The Bertz CT molecular complexity index is 777. The number of amidine groups is 1. The van der Waals surface area contributed by atoms with E-state index in [1.54, 1.807) is 42.5 Å². The molecule has 26 heavy (non-hydrogen) atoms. The van der Waals surface area contributed by atoms with Gasteiger partial charge in [-0.25, -0.2) is 4.79 Å². The van der Waals surface area contributed by atoms with E-state index in [0.717, 1.165) is 0 Å². The van der Waals surface area contributed by atoms with E-state index in [4.69, 9.17) is 25.7 Å². The molecule has 2 aromatic carbocycles. The van der Waals surface area contributed by atoms with Crippen molar-refractivity contribution in [2.45, 2.75) is 6.04 Å². The highest BCUT2D eigenvalue weighted by Crippen LogP contribution is 2.32. The fourth-order valence-electron chi connectivity index (χ4n) is 2.35. The zero-order valence-electron chi connectivity index (χ0n) is 14.2. The van der Waals surface area contributed by atoms with Gasteiger partial charge in [0.2, 0.25) is 0 Å². The lowest BCUT2D eigenvalue weighted by atomic mass is 10.0. The van der Waals surface area contributed by atoms with Crippen LogP contribution in [0.5, 0.6) is 11.5 Å². The number of carbonyl (C=O) groups is 1. The summed E-state index contributed by atoms with van der Waals surface area (Å²) in [5.74, 6) is -0.351. The van der Waals surface area contributed by atoms with E-state index in [-0.39, 0.29) is 19.0 Å². The largest absolute Gasteiger partial charge is 0.497 e. The Kier molecular flexibility index (Phi) is 6.40. The summed E-state index contributed by atoms with van der Waals surface area (Å²) in [4.78, 5) is 11.8. The van der Waals surface area contributed by atoms with E-state index in [9.17, 15) is 9.90 Å². The molecular weight excluding hydrogens is 338 g/mol. The Hall–Kier alpha value is -3.26. The smallest absolute Gasteiger partial charge is 0.330 e. The second-order valence-corrected chi connectivity index (χ2v) is 5.38. The molecule has 8 heteroatoms. The summed E-state index contributed by atoms with van der Waals surface area (Å²) >= 11 is 0. The van der Waals surface area contributed by atoms with Crippen LogP contribution in [-0.4, -0.2) is 42.3 Å². The number of aliphatic carboxylic acids is 1. The average molecular weight is 359 g/mol. The van der Waals surface area contributed by atoms with Gasteiger partial charge in [-0.1, -0.05) is 0 Å². The number of nitrogen functional groups attached to an aromatic ring is 1. The van der Waals surface area contributed by atoms with Crippen molar-refractivity contribution in [1.29, 1.82) is 5.41 Å². The highest BCUT2D eigenvalue weighted by Gasteiger charge is 2.24. The van der Waals surface area contributed by atoms with Gasteiger partial charge < -0.3 is 30.7 Å². The van der Waals surface area contributed by atoms with E-state index >= 15 is 0 Å². The van der Waals surface area contributed by atoms with E-state index in [1.807, 2.05) is 0 Å². The Morgan fingerprint density at radius 3 is 2.50 bits per heavy atom. The summed E-state index contributed by atoms with van der Waals surface area (Å²) in [5, 5.41) is 29.0. The number of aliphatic hydroxyl groups excluding tert-OH is 1. The van der Waals surface area contributed by atoms with Crippen LogP contribution in [0.1, 0.15) is 17.2 Å². The monoisotopic (exact) mass is 359 g/mol. The number of nitrogens with two attached hydrogens (primary N) is 1. The Morgan fingerprint density at radius 2 is 1.96 bits per heavy atom. The van der Waals surface area contributed by atoms with Crippen LogP contribution in [0.4, 0.5) is 5.69 Å². The Labute approximate surface area is 150 Å². The summed E-state index contributed by atoms with van der Waals surface area (Å²) < 4.78 is 10.6. The van der Waals surface area contributed by atoms with Crippen molar-refractivity contribution in [3.8, 4) is 11.5 Å². The number of rotatable bonds is 9. The minimum atomic E-state index is -1.10. The van der Waals surface area contributed by atoms with Crippen LogP contribution in [-0.2, 0) is 4.79 Å². The maximum Gasteiger partial charge on any atom is 0.330 e.